The minimum atomic E-state index is -4.51. The lowest BCUT2D eigenvalue weighted by molar-refractivity contribution is -0.142. The first kappa shape index (κ1) is 29.4. The molecule has 0 aromatic rings. The summed E-state index contributed by atoms with van der Waals surface area (Å²) in [4.78, 5) is 18.4. The maximum atomic E-state index is 13.1. The Morgan fingerprint density at radius 3 is 2.63 bits per heavy atom. The minimum absolute atomic E-state index is 0.0316. The van der Waals surface area contributed by atoms with Gasteiger partial charge in [-0.05, 0) is 86.9 Å². The largest absolute Gasteiger partial charge is 0.436 e. The van der Waals surface area contributed by atoms with Gasteiger partial charge in [-0.15, -0.1) is 0 Å². The molecular formula is C29H46F3N3O3. The monoisotopic (exact) mass is 541 g/mol. The van der Waals surface area contributed by atoms with Crippen LogP contribution in [0.5, 0.6) is 0 Å². The molecule has 3 saturated carbocycles. The Labute approximate surface area is 225 Å². The quantitative estimate of drug-likeness (QED) is 0.172. The van der Waals surface area contributed by atoms with E-state index in [1.54, 1.807) is 0 Å². The number of oxime groups is 1. The van der Waals surface area contributed by atoms with E-state index in [0.29, 0.717) is 28.4 Å². The molecule has 3 fully saturated rings. The average molecular weight is 542 g/mol. The topological polar surface area (TPSA) is 74.2 Å². The summed E-state index contributed by atoms with van der Waals surface area (Å²) in [6.07, 6.45) is 4.64. The number of hydrogen-bond acceptors (Lipinski definition) is 5. The van der Waals surface area contributed by atoms with Crippen molar-refractivity contribution >= 4 is 11.8 Å². The molecule has 6 nitrogen and oxygen atoms in total. The van der Waals surface area contributed by atoms with Crippen LogP contribution in [0.3, 0.4) is 0 Å². The number of aliphatic hydroxyl groups excluding tert-OH is 1. The molecule has 0 heterocycles. The molecule has 216 valence electrons. The average Bonchev–Trinajstić information content (AvgIpc) is 3.18. The van der Waals surface area contributed by atoms with Gasteiger partial charge in [-0.2, -0.15) is 13.2 Å². The van der Waals surface area contributed by atoms with Crippen molar-refractivity contribution in [2.45, 2.75) is 104 Å². The van der Waals surface area contributed by atoms with Crippen molar-refractivity contribution in [3.63, 3.8) is 0 Å². The zero-order valence-electron chi connectivity index (χ0n) is 23.6. The van der Waals surface area contributed by atoms with E-state index in [2.05, 4.69) is 30.4 Å². The predicted octanol–water partition coefficient (Wildman–Crippen LogP) is 6.30. The first-order chi connectivity index (χ1) is 17.7. The highest BCUT2D eigenvalue weighted by Gasteiger charge is 2.59. The number of carbonyl (C=O) groups is 1. The number of hydrogen-bond donors (Lipinski definition) is 2. The lowest BCUT2D eigenvalue weighted by Crippen LogP contribution is -2.51. The second kappa shape index (κ2) is 11.1. The van der Waals surface area contributed by atoms with Gasteiger partial charge < -0.3 is 10.4 Å². The molecule has 4 rings (SSSR count). The fourth-order valence-corrected chi connectivity index (χ4v) is 8.50. The van der Waals surface area contributed by atoms with Gasteiger partial charge in [-0.3, -0.25) is 9.74 Å². The first-order valence-corrected chi connectivity index (χ1v) is 14.4. The Morgan fingerprint density at radius 2 is 1.95 bits per heavy atom. The van der Waals surface area contributed by atoms with E-state index in [9.17, 15) is 23.1 Å². The number of aliphatic hydroxyl groups is 1. The van der Waals surface area contributed by atoms with Crippen LogP contribution in [0.4, 0.5) is 18.0 Å². The van der Waals surface area contributed by atoms with Crippen LogP contribution in [-0.2, 0) is 4.84 Å². The van der Waals surface area contributed by atoms with Gasteiger partial charge in [0.1, 0.15) is 6.54 Å². The van der Waals surface area contributed by atoms with Gasteiger partial charge in [0.05, 0.1) is 11.8 Å². The van der Waals surface area contributed by atoms with Crippen molar-refractivity contribution in [2.75, 3.05) is 19.6 Å². The third kappa shape index (κ3) is 5.93. The maximum absolute atomic E-state index is 13.1. The smallest absolute Gasteiger partial charge is 0.393 e. The van der Waals surface area contributed by atoms with Crippen LogP contribution >= 0.6 is 0 Å². The maximum Gasteiger partial charge on any atom is 0.436 e. The number of nitrogens with zero attached hydrogens (tertiary/aromatic N) is 2. The number of fused-ring (bicyclic) bond motifs is 5. The van der Waals surface area contributed by atoms with Crippen molar-refractivity contribution in [2.24, 2.45) is 39.7 Å². The zero-order chi connectivity index (χ0) is 27.9. The molecule has 9 heteroatoms. The molecule has 0 bridgehead atoms. The number of alkyl halides is 3. The van der Waals surface area contributed by atoms with Gasteiger partial charge >= 0.3 is 12.3 Å². The molecule has 38 heavy (non-hydrogen) atoms. The Kier molecular flexibility index (Phi) is 8.58. The standard InChI is InChI=1S/C29H46F3N3O3/c1-18(2)33-14-15-35(17-29(30,31)32)26(37)38-34-19(3)23-8-9-24-22-7-6-20-16-21(36)10-12-27(20,4)25(22)11-13-28(23,24)5/h6,18,21-25,33,36H,7-17H2,1-5H3/b34-19+/t21-,22-,23+,24-,25-,27-,28+/m0/s1. The zero-order valence-corrected chi connectivity index (χ0v) is 23.6. The van der Waals surface area contributed by atoms with E-state index in [1.165, 1.54) is 5.57 Å². The van der Waals surface area contributed by atoms with Crippen LogP contribution in [0.25, 0.3) is 0 Å². The van der Waals surface area contributed by atoms with Crippen molar-refractivity contribution < 1.29 is 27.9 Å². The highest BCUT2D eigenvalue weighted by Crippen LogP contribution is 2.66. The second-order valence-corrected chi connectivity index (χ2v) is 13.1. The summed E-state index contributed by atoms with van der Waals surface area (Å²) in [5.74, 6) is 1.90. The van der Waals surface area contributed by atoms with Crippen LogP contribution in [0.1, 0.15) is 86.0 Å². The fourth-order valence-electron chi connectivity index (χ4n) is 8.50. The van der Waals surface area contributed by atoms with Crippen LogP contribution in [0.2, 0.25) is 0 Å². The summed E-state index contributed by atoms with van der Waals surface area (Å²) in [5, 5.41) is 17.4. The first-order valence-electron chi connectivity index (χ1n) is 14.4. The summed E-state index contributed by atoms with van der Waals surface area (Å²) in [5.41, 5.74) is 2.36. The Balaban J connectivity index is 1.43. The highest BCUT2D eigenvalue weighted by molar-refractivity contribution is 5.85. The van der Waals surface area contributed by atoms with Gasteiger partial charge in [0.2, 0.25) is 0 Å². The molecule has 7 atom stereocenters. The fraction of sp³-hybridized carbons (Fsp3) is 0.862. The number of halogens is 3. The molecule has 1 amide bonds. The van der Waals surface area contributed by atoms with E-state index in [-0.39, 0.29) is 42.0 Å². The molecule has 4 aliphatic carbocycles. The van der Waals surface area contributed by atoms with E-state index < -0.39 is 18.8 Å². The van der Waals surface area contributed by atoms with E-state index in [1.807, 2.05) is 20.8 Å². The van der Waals surface area contributed by atoms with Gasteiger partial charge in [-0.1, -0.05) is 44.5 Å². The molecule has 0 aromatic heterocycles. The van der Waals surface area contributed by atoms with Crippen molar-refractivity contribution in [3.8, 4) is 0 Å². The molecule has 4 aliphatic rings. The van der Waals surface area contributed by atoms with E-state index in [4.69, 9.17) is 4.84 Å². The number of nitrogens with one attached hydrogen (secondary N) is 1. The normalized spacial score (nSPS) is 37.3. The van der Waals surface area contributed by atoms with Crippen LogP contribution < -0.4 is 5.32 Å². The van der Waals surface area contributed by atoms with Gasteiger partial charge in [0, 0.05) is 25.0 Å². The van der Waals surface area contributed by atoms with Crippen LogP contribution in [-0.4, -0.2) is 59.8 Å². The minimum Gasteiger partial charge on any atom is -0.393 e. The second-order valence-electron chi connectivity index (χ2n) is 13.1. The van der Waals surface area contributed by atoms with Crippen molar-refractivity contribution in [1.82, 2.24) is 10.2 Å². The molecule has 0 aromatic carbocycles. The Morgan fingerprint density at radius 1 is 1.21 bits per heavy atom. The third-order valence-corrected chi connectivity index (χ3v) is 10.4. The molecule has 2 N–H and O–H groups in total. The Hall–Kier alpha value is -1.61. The van der Waals surface area contributed by atoms with Gasteiger partial charge in [0.25, 0.3) is 0 Å². The summed E-state index contributed by atoms with van der Waals surface area (Å²) < 4.78 is 39.3. The van der Waals surface area contributed by atoms with Gasteiger partial charge in [-0.25, -0.2) is 4.79 Å². The number of rotatable bonds is 7. The molecule has 0 saturated heterocycles. The lowest BCUT2D eigenvalue weighted by atomic mass is 9.47. The SMILES string of the molecule is C/C(=N\OC(=O)N(CCNC(C)C)CC(F)(F)F)[C@H]1CC[C@H]2[C@@H]3CC=C4C[C@@H](O)CC[C@]4(C)[C@H]3CC[C@]12C. The summed E-state index contributed by atoms with van der Waals surface area (Å²) in [6.45, 7) is 9.16. The highest BCUT2D eigenvalue weighted by atomic mass is 19.4. The molecule has 0 radical (unpaired) electrons. The van der Waals surface area contributed by atoms with Crippen LogP contribution in [0, 0.1) is 34.5 Å². The summed E-state index contributed by atoms with van der Waals surface area (Å²) in [7, 11) is 0. The van der Waals surface area contributed by atoms with Gasteiger partial charge in [0.15, 0.2) is 0 Å². The molecular weight excluding hydrogens is 495 g/mol. The summed E-state index contributed by atoms with van der Waals surface area (Å²) in [6, 6.07) is 0.101. The van der Waals surface area contributed by atoms with Crippen LogP contribution in [0.15, 0.2) is 16.8 Å². The van der Waals surface area contributed by atoms with E-state index >= 15 is 0 Å². The van der Waals surface area contributed by atoms with E-state index in [0.717, 1.165) is 51.4 Å². The molecule has 0 spiro atoms. The summed E-state index contributed by atoms with van der Waals surface area (Å²) >= 11 is 0. The predicted molar refractivity (Wildman–Crippen MR) is 142 cm³/mol. The third-order valence-electron chi connectivity index (χ3n) is 10.4. The van der Waals surface area contributed by atoms with Crippen molar-refractivity contribution in [3.05, 3.63) is 11.6 Å². The number of amides is 1. The number of allylic oxidation sites excluding steroid dienone is 1. The molecule has 0 aliphatic heterocycles. The van der Waals surface area contributed by atoms with Crippen molar-refractivity contribution in [1.29, 1.82) is 0 Å². The Bertz CT molecular complexity index is 936. The number of carbonyl (C=O) groups excluding carboxylic acids is 1. The lowest BCUT2D eigenvalue weighted by Gasteiger charge is -2.58. The molecule has 0 unspecified atom stereocenters.